The van der Waals surface area contributed by atoms with Crippen LogP contribution in [0.25, 0.3) is 6.20 Å². The van der Waals surface area contributed by atoms with E-state index in [0.717, 1.165) is 25.9 Å². The van der Waals surface area contributed by atoms with Gasteiger partial charge in [-0.3, -0.25) is 9.59 Å². The van der Waals surface area contributed by atoms with Gasteiger partial charge in [-0.2, -0.15) is 0 Å². The maximum Gasteiger partial charge on any atom is 0.253 e. The van der Waals surface area contributed by atoms with Gasteiger partial charge in [-0.1, -0.05) is 11.3 Å². The Morgan fingerprint density at radius 3 is 2.72 bits per heavy atom. The topological polar surface area (TPSA) is 80.1 Å². The number of aromatic nitrogens is 3. The van der Waals surface area contributed by atoms with Crippen LogP contribution >= 0.6 is 0 Å². The highest BCUT2D eigenvalue weighted by Gasteiger charge is 2.18. The summed E-state index contributed by atoms with van der Waals surface area (Å²) in [6, 6.07) is 7.05. The van der Waals surface area contributed by atoms with Crippen LogP contribution in [-0.2, 0) is 4.79 Å². The van der Waals surface area contributed by atoms with Crippen LogP contribution in [0.15, 0.2) is 42.2 Å². The molecule has 1 N–H and O–H groups in total. The zero-order valence-corrected chi connectivity index (χ0v) is 14.2. The van der Waals surface area contributed by atoms with Crippen LogP contribution in [0.1, 0.15) is 36.5 Å². The third-order valence-corrected chi connectivity index (χ3v) is 4.14. The number of nitrogens with zero attached hydrogens (tertiary/aromatic N) is 4. The maximum atomic E-state index is 12.6. The van der Waals surface area contributed by atoms with Gasteiger partial charge in [0.2, 0.25) is 0 Å². The van der Waals surface area contributed by atoms with Crippen LogP contribution < -0.4 is 5.32 Å². The second-order valence-electron chi connectivity index (χ2n) is 6.08. The smallest absolute Gasteiger partial charge is 0.253 e. The molecule has 1 saturated heterocycles. The predicted octanol–water partition coefficient (Wildman–Crippen LogP) is 2.40. The molecular formula is C18H21N5O2. The molecule has 0 aliphatic carbocycles. The standard InChI is InChI=1S/C18H21N5O2/c1-14(13-23-11-8-19-21-23)17(24)20-16-7-5-6-15(12-16)18(25)22-9-3-2-4-10-22/h5-8,11-13H,2-4,9-10H2,1H3,(H,20,24)/b14-13+. The van der Waals surface area contributed by atoms with E-state index in [1.54, 1.807) is 43.6 Å². The number of hydrogen-bond acceptors (Lipinski definition) is 4. The molecule has 0 atom stereocenters. The molecule has 1 aliphatic rings. The number of rotatable bonds is 4. The van der Waals surface area contributed by atoms with Gasteiger partial charge in [0, 0.05) is 36.1 Å². The van der Waals surface area contributed by atoms with E-state index in [4.69, 9.17) is 0 Å². The fourth-order valence-corrected chi connectivity index (χ4v) is 2.78. The van der Waals surface area contributed by atoms with Crippen molar-refractivity contribution in [3.05, 3.63) is 47.8 Å². The third-order valence-electron chi connectivity index (χ3n) is 4.14. The number of hydrogen-bond donors (Lipinski definition) is 1. The fourth-order valence-electron chi connectivity index (χ4n) is 2.78. The fraction of sp³-hybridized carbons (Fsp3) is 0.333. The lowest BCUT2D eigenvalue weighted by molar-refractivity contribution is -0.112. The van der Waals surface area contributed by atoms with Crippen molar-refractivity contribution in [1.29, 1.82) is 0 Å². The Bertz CT molecular complexity index is 777. The van der Waals surface area contributed by atoms with Crippen LogP contribution in [0.4, 0.5) is 5.69 Å². The number of amides is 2. The molecule has 130 valence electrons. The molecule has 25 heavy (non-hydrogen) atoms. The van der Waals surface area contributed by atoms with Crippen LogP contribution in [-0.4, -0.2) is 44.8 Å². The second kappa shape index (κ2) is 7.74. The van der Waals surface area contributed by atoms with Crippen molar-refractivity contribution in [3.8, 4) is 0 Å². The highest BCUT2D eigenvalue weighted by atomic mass is 16.2. The largest absolute Gasteiger partial charge is 0.339 e. The minimum Gasteiger partial charge on any atom is -0.339 e. The van der Waals surface area contributed by atoms with Crippen molar-refractivity contribution in [2.45, 2.75) is 26.2 Å². The molecule has 0 saturated carbocycles. The van der Waals surface area contributed by atoms with E-state index in [1.807, 2.05) is 4.90 Å². The molecule has 2 heterocycles. The summed E-state index contributed by atoms with van der Waals surface area (Å²) in [6.45, 7) is 3.30. The quantitative estimate of drug-likeness (QED) is 0.868. The molecular weight excluding hydrogens is 318 g/mol. The van der Waals surface area contributed by atoms with Gasteiger partial charge in [0.1, 0.15) is 0 Å². The van der Waals surface area contributed by atoms with Crippen molar-refractivity contribution >= 4 is 23.7 Å². The number of nitrogens with one attached hydrogen (secondary N) is 1. The summed E-state index contributed by atoms with van der Waals surface area (Å²) in [6.07, 6.45) is 8.05. The van der Waals surface area contributed by atoms with Gasteiger partial charge in [-0.05, 0) is 44.4 Å². The summed E-state index contributed by atoms with van der Waals surface area (Å²) in [5.74, 6) is -0.233. The van der Waals surface area contributed by atoms with Crippen molar-refractivity contribution in [2.24, 2.45) is 0 Å². The summed E-state index contributed by atoms with van der Waals surface area (Å²) < 4.78 is 1.46. The first kappa shape index (κ1) is 16.9. The molecule has 2 aromatic rings. The molecule has 2 amide bonds. The van der Waals surface area contributed by atoms with E-state index in [0.29, 0.717) is 16.8 Å². The average Bonchev–Trinajstić information content (AvgIpc) is 3.15. The number of likely N-dealkylation sites (tertiary alicyclic amines) is 1. The predicted molar refractivity (Wildman–Crippen MR) is 94.8 cm³/mol. The molecule has 3 rings (SSSR count). The molecule has 0 radical (unpaired) electrons. The molecule has 0 spiro atoms. The van der Waals surface area contributed by atoms with Crippen molar-refractivity contribution in [2.75, 3.05) is 18.4 Å². The first-order valence-electron chi connectivity index (χ1n) is 8.38. The lowest BCUT2D eigenvalue weighted by atomic mass is 10.1. The summed E-state index contributed by atoms with van der Waals surface area (Å²) >= 11 is 0. The second-order valence-corrected chi connectivity index (χ2v) is 6.08. The van der Waals surface area contributed by atoms with Gasteiger partial charge in [0.05, 0.1) is 12.4 Å². The Balaban J connectivity index is 1.69. The van der Waals surface area contributed by atoms with Gasteiger partial charge < -0.3 is 10.2 Å². The van der Waals surface area contributed by atoms with Crippen LogP contribution in [0.5, 0.6) is 0 Å². The zero-order valence-electron chi connectivity index (χ0n) is 14.2. The number of benzene rings is 1. The van der Waals surface area contributed by atoms with Gasteiger partial charge in [0.25, 0.3) is 11.8 Å². The minimum atomic E-state index is -0.252. The minimum absolute atomic E-state index is 0.0191. The molecule has 1 aliphatic heterocycles. The van der Waals surface area contributed by atoms with Gasteiger partial charge in [-0.25, -0.2) is 4.68 Å². The summed E-state index contributed by atoms with van der Waals surface area (Å²) in [5, 5.41) is 10.3. The van der Waals surface area contributed by atoms with Gasteiger partial charge >= 0.3 is 0 Å². The monoisotopic (exact) mass is 339 g/mol. The lowest BCUT2D eigenvalue weighted by Crippen LogP contribution is -2.35. The summed E-state index contributed by atoms with van der Waals surface area (Å²) in [7, 11) is 0. The first-order chi connectivity index (χ1) is 12.1. The normalized spacial score (nSPS) is 15.1. The van der Waals surface area contributed by atoms with E-state index in [1.165, 1.54) is 17.3 Å². The Kier molecular flexibility index (Phi) is 5.23. The summed E-state index contributed by atoms with van der Waals surface area (Å²) in [5.41, 5.74) is 1.68. The zero-order chi connectivity index (χ0) is 17.6. The van der Waals surface area contributed by atoms with Crippen LogP contribution in [0.2, 0.25) is 0 Å². The van der Waals surface area contributed by atoms with Crippen molar-refractivity contribution in [1.82, 2.24) is 19.9 Å². The molecule has 7 heteroatoms. The Morgan fingerprint density at radius 1 is 1.20 bits per heavy atom. The number of piperidine rings is 1. The highest BCUT2D eigenvalue weighted by Crippen LogP contribution is 2.17. The summed E-state index contributed by atoms with van der Waals surface area (Å²) in [4.78, 5) is 26.7. The molecule has 0 unspecified atom stereocenters. The van der Waals surface area contributed by atoms with Crippen LogP contribution in [0, 0.1) is 0 Å². The third kappa shape index (κ3) is 4.32. The number of carbonyl (C=O) groups is 2. The van der Waals surface area contributed by atoms with Crippen molar-refractivity contribution < 1.29 is 9.59 Å². The Hall–Kier alpha value is -2.96. The molecule has 1 aromatic heterocycles. The van der Waals surface area contributed by atoms with E-state index in [2.05, 4.69) is 15.6 Å². The van der Waals surface area contributed by atoms with Gasteiger partial charge in [0.15, 0.2) is 0 Å². The molecule has 1 aromatic carbocycles. The first-order valence-corrected chi connectivity index (χ1v) is 8.38. The number of anilines is 1. The van der Waals surface area contributed by atoms with Crippen molar-refractivity contribution in [3.63, 3.8) is 0 Å². The lowest BCUT2D eigenvalue weighted by Gasteiger charge is -2.26. The highest BCUT2D eigenvalue weighted by molar-refractivity contribution is 6.06. The molecule has 0 bridgehead atoms. The van der Waals surface area contributed by atoms with E-state index >= 15 is 0 Å². The SMILES string of the molecule is C/C(=C\n1ccnn1)C(=O)Nc1cccc(C(=O)N2CCCCC2)c1. The number of carbonyl (C=O) groups excluding carboxylic acids is 2. The Morgan fingerprint density at radius 2 is 2.00 bits per heavy atom. The average molecular weight is 339 g/mol. The van der Waals surface area contributed by atoms with Crippen LogP contribution in [0.3, 0.4) is 0 Å². The van der Waals surface area contributed by atoms with E-state index in [-0.39, 0.29) is 11.8 Å². The molecule has 1 fully saturated rings. The maximum absolute atomic E-state index is 12.6. The van der Waals surface area contributed by atoms with E-state index < -0.39 is 0 Å². The Labute approximate surface area is 146 Å². The van der Waals surface area contributed by atoms with Gasteiger partial charge in [-0.15, -0.1) is 5.10 Å². The molecule has 7 nitrogen and oxygen atoms in total. The van der Waals surface area contributed by atoms with E-state index in [9.17, 15) is 9.59 Å².